The SMILES string of the molecule is CCCCC[C@H](C)N(C)CC#N. The monoisotopic (exact) mass is 168 g/mol. The molecule has 1 atom stereocenters. The zero-order chi connectivity index (χ0) is 9.40. The Kier molecular flexibility index (Phi) is 6.79. The lowest BCUT2D eigenvalue weighted by Gasteiger charge is -2.21. The fourth-order valence-corrected chi connectivity index (χ4v) is 1.18. The van der Waals surface area contributed by atoms with Gasteiger partial charge in [0.1, 0.15) is 0 Å². The second kappa shape index (κ2) is 7.12. The average molecular weight is 168 g/mol. The van der Waals surface area contributed by atoms with Gasteiger partial charge in [0.2, 0.25) is 0 Å². The molecule has 0 spiro atoms. The van der Waals surface area contributed by atoms with Gasteiger partial charge in [0.25, 0.3) is 0 Å². The molecule has 0 heterocycles. The highest BCUT2D eigenvalue weighted by Crippen LogP contribution is 2.07. The maximum Gasteiger partial charge on any atom is 0.0865 e. The van der Waals surface area contributed by atoms with Gasteiger partial charge < -0.3 is 0 Å². The summed E-state index contributed by atoms with van der Waals surface area (Å²) < 4.78 is 0. The van der Waals surface area contributed by atoms with Crippen LogP contribution < -0.4 is 0 Å². The zero-order valence-electron chi connectivity index (χ0n) is 8.51. The molecule has 0 fully saturated rings. The molecule has 2 heteroatoms. The van der Waals surface area contributed by atoms with E-state index in [9.17, 15) is 0 Å². The Labute approximate surface area is 76.2 Å². The van der Waals surface area contributed by atoms with Gasteiger partial charge >= 0.3 is 0 Å². The highest BCUT2D eigenvalue weighted by Gasteiger charge is 2.06. The van der Waals surface area contributed by atoms with Crippen LogP contribution in [0.1, 0.15) is 39.5 Å². The van der Waals surface area contributed by atoms with Gasteiger partial charge in [-0.3, -0.25) is 4.90 Å². The van der Waals surface area contributed by atoms with Gasteiger partial charge in [0.15, 0.2) is 0 Å². The number of hydrogen-bond acceptors (Lipinski definition) is 2. The van der Waals surface area contributed by atoms with Crippen molar-refractivity contribution in [3.63, 3.8) is 0 Å². The second-order valence-electron chi connectivity index (χ2n) is 3.42. The van der Waals surface area contributed by atoms with Crippen molar-refractivity contribution in [3.05, 3.63) is 0 Å². The van der Waals surface area contributed by atoms with Crippen molar-refractivity contribution >= 4 is 0 Å². The minimum atomic E-state index is 0.549. The molecule has 0 aliphatic carbocycles. The molecule has 12 heavy (non-hydrogen) atoms. The highest BCUT2D eigenvalue weighted by atomic mass is 15.1. The summed E-state index contributed by atoms with van der Waals surface area (Å²) in [5.41, 5.74) is 0. The van der Waals surface area contributed by atoms with E-state index in [0.29, 0.717) is 12.6 Å². The second-order valence-corrected chi connectivity index (χ2v) is 3.42. The maximum atomic E-state index is 8.47. The quantitative estimate of drug-likeness (QED) is 0.450. The van der Waals surface area contributed by atoms with Gasteiger partial charge in [-0.25, -0.2) is 0 Å². The fraction of sp³-hybridized carbons (Fsp3) is 0.900. The Hall–Kier alpha value is -0.550. The first-order chi connectivity index (χ1) is 5.72. The molecule has 0 aliphatic heterocycles. The van der Waals surface area contributed by atoms with Gasteiger partial charge in [-0.1, -0.05) is 26.2 Å². The van der Waals surface area contributed by atoms with Crippen molar-refractivity contribution in [2.75, 3.05) is 13.6 Å². The first-order valence-corrected chi connectivity index (χ1v) is 4.79. The molecule has 0 N–H and O–H groups in total. The Balaban J connectivity index is 3.43. The van der Waals surface area contributed by atoms with Gasteiger partial charge in [-0.2, -0.15) is 5.26 Å². The van der Waals surface area contributed by atoms with Crippen LogP contribution >= 0.6 is 0 Å². The summed E-state index contributed by atoms with van der Waals surface area (Å²) in [6, 6.07) is 2.72. The Morgan fingerprint density at radius 2 is 2.08 bits per heavy atom. The largest absolute Gasteiger partial charge is 0.291 e. The lowest BCUT2D eigenvalue weighted by atomic mass is 10.1. The smallest absolute Gasteiger partial charge is 0.0865 e. The first-order valence-electron chi connectivity index (χ1n) is 4.79. The van der Waals surface area contributed by atoms with E-state index in [0.717, 1.165) is 0 Å². The summed E-state index contributed by atoms with van der Waals surface area (Å²) in [7, 11) is 2.01. The van der Waals surface area contributed by atoms with Crippen molar-refractivity contribution in [2.24, 2.45) is 0 Å². The van der Waals surface area contributed by atoms with E-state index in [4.69, 9.17) is 5.26 Å². The first kappa shape index (κ1) is 11.4. The van der Waals surface area contributed by atoms with Crippen molar-refractivity contribution < 1.29 is 0 Å². The third-order valence-corrected chi connectivity index (χ3v) is 2.30. The van der Waals surface area contributed by atoms with Crippen LogP contribution in [0.4, 0.5) is 0 Å². The minimum Gasteiger partial charge on any atom is -0.291 e. The van der Waals surface area contributed by atoms with E-state index in [1.807, 2.05) is 7.05 Å². The van der Waals surface area contributed by atoms with Crippen LogP contribution in [0.15, 0.2) is 0 Å². The molecular weight excluding hydrogens is 148 g/mol. The van der Waals surface area contributed by atoms with Crippen LogP contribution in [-0.2, 0) is 0 Å². The summed E-state index contributed by atoms with van der Waals surface area (Å²) in [5, 5.41) is 8.47. The Morgan fingerprint density at radius 1 is 1.42 bits per heavy atom. The molecule has 0 amide bonds. The molecule has 0 radical (unpaired) electrons. The summed E-state index contributed by atoms with van der Waals surface area (Å²) in [5.74, 6) is 0. The van der Waals surface area contributed by atoms with Gasteiger partial charge in [0, 0.05) is 6.04 Å². The molecule has 0 unspecified atom stereocenters. The normalized spacial score (nSPS) is 12.9. The molecule has 0 rings (SSSR count). The Morgan fingerprint density at radius 3 is 2.58 bits per heavy atom. The lowest BCUT2D eigenvalue weighted by molar-refractivity contribution is 0.268. The topological polar surface area (TPSA) is 27.0 Å². The number of hydrogen-bond donors (Lipinski definition) is 0. The number of nitriles is 1. The average Bonchev–Trinajstić information content (AvgIpc) is 2.05. The van der Waals surface area contributed by atoms with E-state index < -0.39 is 0 Å². The summed E-state index contributed by atoms with van der Waals surface area (Å²) in [6.07, 6.45) is 5.08. The molecular formula is C10H20N2. The van der Waals surface area contributed by atoms with E-state index in [1.54, 1.807) is 0 Å². The van der Waals surface area contributed by atoms with Crippen LogP contribution in [0, 0.1) is 11.3 Å². The van der Waals surface area contributed by atoms with Gasteiger partial charge in [-0.05, 0) is 20.4 Å². The van der Waals surface area contributed by atoms with Crippen molar-refractivity contribution in [2.45, 2.75) is 45.6 Å². The van der Waals surface area contributed by atoms with Crippen molar-refractivity contribution in [1.29, 1.82) is 5.26 Å². The number of rotatable bonds is 6. The molecule has 0 aliphatic rings. The van der Waals surface area contributed by atoms with E-state index >= 15 is 0 Å². The molecule has 0 aromatic rings. The van der Waals surface area contributed by atoms with E-state index in [2.05, 4.69) is 24.8 Å². The minimum absolute atomic E-state index is 0.549. The fourth-order valence-electron chi connectivity index (χ4n) is 1.18. The van der Waals surface area contributed by atoms with Gasteiger partial charge in [-0.15, -0.1) is 0 Å². The maximum absolute atomic E-state index is 8.47. The molecule has 0 bridgehead atoms. The summed E-state index contributed by atoms with van der Waals surface area (Å²) in [4.78, 5) is 2.11. The molecule has 2 nitrogen and oxygen atoms in total. The van der Waals surface area contributed by atoms with Crippen LogP contribution in [0.25, 0.3) is 0 Å². The van der Waals surface area contributed by atoms with Gasteiger partial charge in [0.05, 0.1) is 12.6 Å². The summed E-state index contributed by atoms with van der Waals surface area (Å²) in [6.45, 7) is 4.95. The standard InChI is InChI=1S/C10H20N2/c1-4-5-6-7-10(2)12(3)9-8-11/h10H,4-7,9H2,1-3H3/t10-/m0/s1. The molecule has 70 valence electrons. The van der Waals surface area contributed by atoms with E-state index in [1.165, 1.54) is 25.7 Å². The van der Waals surface area contributed by atoms with Crippen LogP contribution in [0.5, 0.6) is 0 Å². The van der Waals surface area contributed by atoms with Crippen molar-refractivity contribution in [1.82, 2.24) is 4.90 Å². The lowest BCUT2D eigenvalue weighted by Crippen LogP contribution is -2.29. The molecule has 0 aromatic heterocycles. The van der Waals surface area contributed by atoms with Crippen molar-refractivity contribution in [3.8, 4) is 6.07 Å². The summed E-state index contributed by atoms with van der Waals surface area (Å²) >= 11 is 0. The van der Waals surface area contributed by atoms with Crippen LogP contribution in [0.3, 0.4) is 0 Å². The number of nitrogens with zero attached hydrogens (tertiary/aromatic N) is 2. The third-order valence-electron chi connectivity index (χ3n) is 2.30. The predicted molar refractivity (Wildman–Crippen MR) is 51.8 cm³/mol. The van der Waals surface area contributed by atoms with Crippen LogP contribution in [0.2, 0.25) is 0 Å². The van der Waals surface area contributed by atoms with Crippen LogP contribution in [-0.4, -0.2) is 24.5 Å². The molecule has 0 saturated carbocycles. The number of unbranched alkanes of at least 4 members (excludes halogenated alkanes) is 2. The third kappa shape index (κ3) is 5.15. The highest BCUT2D eigenvalue weighted by molar-refractivity contribution is 4.77. The van der Waals surface area contributed by atoms with E-state index in [-0.39, 0.29) is 0 Å². The molecule has 0 aromatic carbocycles. The molecule has 0 saturated heterocycles. The zero-order valence-corrected chi connectivity index (χ0v) is 8.51. The Bertz CT molecular complexity index is 137. The predicted octanol–water partition coefficient (Wildman–Crippen LogP) is 2.41.